The van der Waals surface area contributed by atoms with E-state index in [1.807, 2.05) is 39.0 Å². The van der Waals surface area contributed by atoms with Gasteiger partial charge in [-0.25, -0.2) is 4.39 Å². The molecule has 0 fully saturated rings. The zero-order valence-electron chi connectivity index (χ0n) is 19.1. The highest BCUT2D eigenvalue weighted by molar-refractivity contribution is 6.30. The number of amides is 2. The number of Topliss-reactive ketones (excluding diaryl/α,β-unsaturated/α-hetero) is 1. The first kappa shape index (κ1) is 24.5. The third kappa shape index (κ3) is 5.60. The Balaban J connectivity index is 1.73. The van der Waals surface area contributed by atoms with Crippen molar-refractivity contribution in [1.29, 1.82) is 0 Å². The highest BCUT2D eigenvalue weighted by Crippen LogP contribution is 2.24. The lowest BCUT2D eigenvalue weighted by Crippen LogP contribution is -2.45. The highest BCUT2D eigenvalue weighted by Gasteiger charge is 2.22. The third-order valence-corrected chi connectivity index (χ3v) is 5.78. The van der Waals surface area contributed by atoms with Crippen molar-refractivity contribution in [1.82, 2.24) is 14.8 Å². The molecule has 3 rings (SSSR count). The molecule has 0 saturated heterocycles. The summed E-state index contributed by atoms with van der Waals surface area (Å²) < 4.78 is 15.8. The van der Waals surface area contributed by atoms with E-state index in [2.05, 4.69) is 5.32 Å². The number of carbonyl (C=O) groups excluding carboxylic acids is 3. The van der Waals surface area contributed by atoms with Crippen LogP contribution in [0.1, 0.15) is 42.3 Å². The van der Waals surface area contributed by atoms with Crippen molar-refractivity contribution in [3.05, 3.63) is 70.1 Å². The van der Waals surface area contributed by atoms with Gasteiger partial charge in [0.05, 0.1) is 11.6 Å². The van der Waals surface area contributed by atoms with Crippen molar-refractivity contribution in [2.24, 2.45) is 0 Å². The van der Waals surface area contributed by atoms with Crippen LogP contribution in [-0.4, -0.2) is 39.7 Å². The Labute approximate surface area is 197 Å². The van der Waals surface area contributed by atoms with Gasteiger partial charge in [0, 0.05) is 40.8 Å². The number of rotatable bonds is 8. The second-order valence-corrected chi connectivity index (χ2v) is 8.76. The lowest BCUT2D eigenvalue weighted by Gasteiger charge is -2.26. The fourth-order valence-electron chi connectivity index (χ4n) is 3.71. The number of benzene rings is 2. The second-order valence-electron chi connectivity index (χ2n) is 8.35. The predicted molar refractivity (Wildman–Crippen MR) is 127 cm³/mol. The number of carbonyl (C=O) groups is 3. The van der Waals surface area contributed by atoms with Crippen LogP contribution >= 0.6 is 11.6 Å². The molecule has 0 aliphatic carbocycles. The summed E-state index contributed by atoms with van der Waals surface area (Å²) in [5, 5.41) is 3.43. The Bertz CT molecular complexity index is 1220. The van der Waals surface area contributed by atoms with E-state index in [-0.39, 0.29) is 48.0 Å². The molecule has 6 nitrogen and oxygen atoms in total. The third-order valence-electron chi connectivity index (χ3n) is 5.49. The quantitative estimate of drug-likeness (QED) is 0.492. The lowest BCUT2D eigenvalue weighted by atomic mass is 10.1. The molecule has 3 aromatic rings. The Kier molecular flexibility index (Phi) is 7.53. The average molecular weight is 472 g/mol. The van der Waals surface area contributed by atoms with E-state index in [4.69, 9.17) is 11.6 Å². The van der Waals surface area contributed by atoms with Crippen LogP contribution in [0.2, 0.25) is 5.02 Å². The van der Waals surface area contributed by atoms with Gasteiger partial charge in [0.15, 0.2) is 5.78 Å². The molecule has 0 aliphatic heterocycles. The van der Waals surface area contributed by atoms with Crippen LogP contribution in [0.4, 0.5) is 4.39 Å². The largest absolute Gasteiger partial charge is 0.350 e. The van der Waals surface area contributed by atoms with Gasteiger partial charge in [-0.1, -0.05) is 35.4 Å². The molecule has 0 atom stereocenters. The summed E-state index contributed by atoms with van der Waals surface area (Å²) in [7, 11) is 0. The molecule has 2 aromatic carbocycles. The minimum absolute atomic E-state index is 0.0127. The highest BCUT2D eigenvalue weighted by atomic mass is 35.5. The van der Waals surface area contributed by atoms with E-state index in [1.165, 1.54) is 17.9 Å². The predicted octanol–water partition coefficient (Wildman–Crippen LogP) is 4.50. The van der Waals surface area contributed by atoms with E-state index in [0.29, 0.717) is 5.56 Å². The second kappa shape index (κ2) is 10.2. The number of aryl methyl sites for hydroxylation is 1. The maximum absolute atomic E-state index is 14.1. The lowest BCUT2D eigenvalue weighted by molar-refractivity contribution is -0.138. The van der Waals surface area contributed by atoms with E-state index in [9.17, 15) is 18.8 Å². The van der Waals surface area contributed by atoms with Crippen molar-refractivity contribution in [3.8, 4) is 0 Å². The minimum Gasteiger partial charge on any atom is -0.350 e. The number of nitrogens with one attached hydrogen (secondary N) is 1. The molecule has 8 heteroatoms. The van der Waals surface area contributed by atoms with E-state index >= 15 is 0 Å². The Morgan fingerprint density at radius 2 is 1.91 bits per heavy atom. The van der Waals surface area contributed by atoms with Gasteiger partial charge in [0.25, 0.3) is 0 Å². The molecule has 0 unspecified atom stereocenters. The Hall–Kier alpha value is -3.19. The van der Waals surface area contributed by atoms with Crippen molar-refractivity contribution in [2.45, 2.75) is 46.8 Å². The summed E-state index contributed by atoms with van der Waals surface area (Å²) >= 11 is 5.78. The number of ketones is 1. The normalized spacial score (nSPS) is 11.1. The van der Waals surface area contributed by atoms with Gasteiger partial charge in [0.2, 0.25) is 11.8 Å². The molecule has 174 valence electrons. The molecule has 0 bridgehead atoms. The molecule has 0 aliphatic rings. The summed E-state index contributed by atoms with van der Waals surface area (Å²) in [4.78, 5) is 39.2. The first-order valence-electron chi connectivity index (χ1n) is 10.7. The summed E-state index contributed by atoms with van der Waals surface area (Å²) in [6.45, 7) is 6.86. The number of aromatic nitrogens is 1. The number of fused-ring (bicyclic) bond motifs is 1. The Morgan fingerprint density at radius 1 is 1.18 bits per heavy atom. The zero-order valence-corrected chi connectivity index (χ0v) is 19.9. The molecule has 0 spiro atoms. The van der Waals surface area contributed by atoms with Gasteiger partial charge in [-0.3, -0.25) is 14.4 Å². The van der Waals surface area contributed by atoms with Gasteiger partial charge in [0.1, 0.15) is 12.4 Å². The molecule has 33 heavy (non-hydrogen) atoms. The van der Waals surface area contributed by atoms with Crippen LogP contribution in [0.3, 0.4) is 0 Å². The summed E-state index contributed by atoms with van der Waals surface area (Å²) in [6.07, 6.45) is 1.69. The number of nitrogens with zero attached hydrogens (tertiary/aromatic N) is 2. The monoisotopic (exact) mass is 471 g/mol. The van der Waals surface area contributed by atoms with Gasteiger partial charge >= 0.3 is 0 Å². The van der Waals surface area contributed by atoms with Crippen molar-refractivity contribution < 1.29 is 18.8 Å². The molecule has 1 heterocycles. The molecule has 0 saturated carbocycles. The van der Waals surface area contributed by atoms with Crippen LogP contribution in [0.5, 0.6) is 0 Å². The Morgan fingerprint density at radius 3 is 2.58 bits per heavy atom. The standard InChI is InChI=1S/C25H27ClFN3O3/c1-15(2)30(13-23(32)28-11-18-6-5-7-21(26)25(18)27)24(33)14-29-12-20(17(4)31)19-10-16(3)8-9-22(19)29/h5-10,12,15H,11,13-14H2,1-4H3,(H,28,32). The maximum atomic E-state index is 14.1. The van der Waals surface area contributed by atoms with Crippen LogP contribution in [0.15, 0.2) is 42.6 Å². The first-order valence-corrected chi connectivity index (χ1v) is 11.1. The zero-order chi connectivity index (χ0) is 24.3. The van der Waals surface area contributed by atoms with Gasteiger partial charge < -0.3 is 14.8 Å². The topological polar surface area (TPSA) is 71.4 Å². The van der Waals surface area contributed by atoms with Crippen molar-refractivity contribution >= 4 is 40.1 Å². The number of halogens is 2. The van der Waals surface area contributed by atoms with E-state index in [1.54, 1.807) is 22.9 Å². The SMILES string of the molecule is CC(=O)c1cn(CC(=O)N(CC(=O)NCc2cccc(Cl)c2F)C(C)C)c2ccc(C)cc12. The van der Waals surface area contributed by atoms with Gasteiger partial charge in [-0.2, -0.15) is 0 Å². The molecule has 2 amide bonds. The van der Waals surface area contributed by atoms with Crippen LogP contribution in [0, 0.1) is 12.7 Å². The number of hydrogen-bond donors (Lipinski definition) is 1. The van der Waals surface area contributed by atoms with Crippen molar-refractivity contribution in [3.63, 3.8) is 0 Å². The minimum atomic E-state index is -0.577. The fourth-order valence-corrected chi connectivity index (χ4v) is 3.90. The molecule has 1 aromatic heterocycles. The van der Waals surface area contributed by atoms with Crippen LogP contribution in [0.25, 0.3) is 10.9 Å². The summed E-state index contributed by atoms with van der Waals surface area (Å²) in [5.41, 5.74) is 2.62. The molecular weight excluding hydrogens is 445 g/mol. The maximum Gasteiger partial charge on any atom is 0.243 e. The van der Waals surface area contributed by atoms with Crippen LogP contribution in [-0.2, 0) is 22.7 Å². The summed E-state index contributed by atoms with van der Waals surface area (Å²) in [5.74, 6) is -1.33. The number of hydrogen-bond acceptors (Lipinski definition) is 3. The van der Waals surface area contributed by atoms with Gasteiger partial charge in [-0.05, 0) is 45.9 Å². The van der Waals surface area contributed by atoms with Crippen molar-refractivity contribution in [2.75, 3.05) is 6.54 Å². The van der Waals surface area contributed by atoms with E-state index in [0.717, 1.165) is 16.5 Å². The van der Waals surface area contributed by atoms with Crippen LogP contribution < -0.4 is 5.32 Å². The molecular formula is C25H27ClFN3O3. The fraction of sp³-hybridized carbons (Fsp3) is 0.320. The summed E-state index contributed by atoms with van der Waals surface area (Å²) in [6, 6.07) is 10.1. The molecule has 0 radical (unpaired) electrons. The average Bonchev–Trinajstić information content (AvgIpc) is 3.10. The smallest absolute Gasteiger partial charge is 0.243 e. The first-order chi connectivity index (χ1) is 15.6. The molecule has 1 N–H and O–H groups in total. The van der Waals surface area contributed by atoms with E-state index < -0.39 is 11.7 Å². The van der Waals surface area contributed by atoms with Gasteiger partial charge in [-0.15, -0.1) is 0 Å².